The summed E-state index contributed by atoms with van der Waals surface area (Å²) in [4.78, 5) is 37.1. The monoisotopic (exact) mass is 420 g/mol. The molecule has 2 aromatic carbocycles. The van der Waals surface area contributed by atoms with Gasteiger partial charge in [0.15, 0.2) is 5.76 Å². The van der Waals surface area contributed by atoms with Gasteiger partial charge in [0.25, 0.3) is 11.8 Å². The summed E-state index contributed by atoms with van der Waals surface area (Å²) in [5.74, 6) is -0.614. The van der Waals surface area contributed by atoms with E-state index in [9.17, 15) is 14.4 Å². The number of para-hydroxylation sites is 2. The van der Waals surface area contributed by atoms with Crippen LogP contribution in [0.5, 0.6) is 0 Å². The highest BCUT2D eigenvalue weighted by molar-refractivity contribution is 6.09. The van der Waals surface area contributed by atoms with Gasteiger partial charge < -0.3 is 25.7 Å². The third-order valence-electron chi connectivity index (χ3n) is 4.34. The number of hydrogen-bond donors (Lipinski definition) is 4. The number of benzene rings is 2. The van der Waals surface area contributed by atoms with Crippen LogP contribution in [0.2, 0.25) is 0 Å². The lowest BCUT2D eigenvalue weighted by Gasteiger charge is -2.15. The molecule has 0 atom stereocenters. The van der Waals surface area contributed by atoms with Gasteiger partial charge >= 0.3 is 6.03 Å². The summed E-state index contributed by atoms with van der Waals surface area (Å²) in [6, 6.07) is 14.7. The average Bonchev–Trinajstić information content (AvgIpc) is 3.25. The minimum Gasteiger partial charge on any atom is -0.459 e. The lowest BCUT2D eigenvalue weighted by molar-refractivity contribution is 0.0993. The molecule has 8 nitrogen and oxygen atoms in total. The molecule has 1 aromatic heterocycles. The van der Waals surface area contributed by atoms with Crippen LogP contribution in [0.25, 0.3) is 0 Å². The van der Waals surface area contributed by atoms with Gasteiger partial charge in [0, 0.05) is 17.3 Å². The number of rotatable bonds is 6. The zero-order valence-corrected chi connectivity index (χ0v) is 17.5. The number of carbonyl (C=O) groups excluding carboxylic acids is 3. The standard InChI is InChI=1S/C23H24N4O4/c1-14(2)24-23(30)27-18-8-5-4-7-17(18)25-21(28)16-11-10-15(3)19(13-16)26-22(29)20-9-6-12-31-20/h4-14H,1-3H3,(H,25,28)(H,26,29)(H2,24,27,30). The lowest BCUT2D eigenvalue weighted by atomic mass is 10.1. The topological polar surface area (TPSA) is 112 Å². The van der Waals surface area contributed by atoms with Gasteiger partial charge in [0.1, 0.15) is 0 Å². The Balaban J connectivity index is 1.75. The van der Waals surface area contributed by atoms with E-state index < -0.39 is 5.91 Å². The maximum Gasteiger partial charge on any atom is 0.319 e. The molecule has 0 saturated carbocycles. The van der Waals surface area contributed by atoms with Crippen LogP contribution in [0.15, 0.2) is 65.3 Å². The van der Waals surface area contributed by atoms with E-state index in [0.717, 1.165) is 5.56 Å². The molecule has 8 heteroatoms. The third kappa shape index (κ3) is 5.72. The Bertz CT molecular complexity index is 1090. The van der Waals surface area contributed by atoms with Crippen molar-refractivity contribution in [3.8, 4) is 0 Å². The Morgan fingerprint density at radius 3 is 2.13 bits per heavy atom. The molecule has 0 aliphatic rings. The highest BCUT2D eigenvalue weighted by Gasteiger charge is 2.15. The van der Waals surface area contributed by atoms with Crippen molar-refractivity contribution < 1.29 is 18.8 Å². The highest BCUT2D eigenvalue weighted by atomic mass is 16.3. The average molecular weight is 420 g/mol. The summed E-state index contributed by atoms with van der Waals surface area (Å²) in [6.07, 6.45) is 1.42. The van der Waals surface area contributed by atoms with E-state index in [-0.39, 0.29) is 23.7 Å². The van der Waals surface area contributed by atoms with Crippen LogP contribution in [0.1, 0.15) is 40.3 Å². The van der Waals surface area contributed by atoms with Crippen molar-refractivity contribution in [2.75, 3.05) is 16.0 Å². The summed E-state index contributed by atoms with van der Waals surface area (Å²) < 4.78 is 5.10. The van der Waals surface area contributed by atoms with E-state index in [1.807, 2.05) is 20.8 Å². The molecule has 0 unspecified atom stereocenters. The molecular formula is C23H24N4O4. The zero-order valence-electron chi connectivity index (χ0n) is 17.5. The molecule has 31 heavy (non-hydrogen) atoms. The minimum absolute atomic E-state index is 0.0240. The Hall–Kier alpha value is -4.07. The number of carbonyl (C=O) groups is 3. The van der Waals surface area contributed by atoms with Crippen LogP contribution in [0, 0.1) is 6.92 Å². The SMILES string of the molecule is Cc1ccc(C(=O)Nc2ccccc2NC(=O)NC(C)C)cc1NC(=O)c1ccco1. The van der Waals surface area contributed by atoms with Crippen LogP contribution >= 0.6 is 0 Å². The first-order valence-corrected chi connectivity index (χ1v) is 9.77. The second-order valence-corrected chi connectivity index (χ2v) is 7.21. The van der Waals surface area contributed by atoms with Gasteiger partial charge in [-0.2, -0.15) is 0 Å². The van der Waals surface area contributed by atoms with Crippen LogP contribution in [0.3, 0.4) is 0 Å². The van der Waals surface area contributed by atoms with E-state index in [4.69, 9.17) is 4.42 Å². The minimum atomic E-state index is -0.406. The van der Waals surface area contributed by atoms with Crippen LogP contribution < -0.4 is 21.3 Å². The highest BCUT2D eigenvalue weighted by Crippen LogP contribution is 2.23. The predicted molar refractivity (Wildman–Crippen MR) is 120 cm³/mol. The normalized spacial score (nSPS) is 10.5. The van der Waals surface area contributed by atoms with Crippen LogP contribution in [-0.4, -0.2) is 23.9 Å². The molecule has 4 amide bonds. The van der Waals surface area contributed by atoms with E-state index in [0.29, 0.717) is 22.6 Å². The smallest absolute Gasteiger partial charge is 0.319 e. The first-order chi connectivity index (χ1) is 14.8. The van der Waals surface area contributed by atoms with Gasteiger partial charge in [0.2, 0.25) is 0 Å². The Morgan fingerprint density at radius 2 is 1.48 bits per heavy atom. The number of urea groups is 1. The molecule has 1 heterocycles. The Morgan fingerprint density at radius 1 is 0.806 bits per heavy atom. The van der Waals surface area contributed by atoms with Crippen molar-refractivity contribution in [2.45, 2.75) is 26.8 Å². The molecule has 160 valence electrons. The lowest BCUT2D eigenvalue weighted by Crippen LogP contribution is -2.34. The molecular weight excluding hydrogens is 396 g/mol. The molecule has 0 bridgehead atoms. The number of aryl methyl sites for hydroxylation is 1. The van der Waals surface area contributed by atoms with E-state index >= 15 is 0 Å². The van der Waals surface area contributed by atoms with Crippen LogP contribution in [-0.2, 0) is 0 Å². The van der Waals surface area contributed by atoms with Crippen molar-refractivity contribution in [1.82, 2.24) is 5.32 Å². The van der Waals surface area contributed by atoms with Crippen molar-refractivity contribution in [2.24, 2.45) is 0 Å². The molecule has 0 fully saturated rings. The molecule has 3 rings (SSSR count). The second-order valence-electron chi connectivity index (χ2n) is 7.21. The van der Waals surface area contributed by atoms with Gasteiger partial charge in [0.05, 0.1) is 17.6 Å². The third-order valence-corrected chi connectivity index (χ3v) is 4.34. The first-order valence-electron chi connectivity index (χ1n) is 9.77. The fraction of sp³-hybridized carbons (Fsp3) is 0.174. The summed E-state index contributed by atoms with van der Waals surface area (Å²) in [6.45, 7) is 5.53. The molecule has 4 N–H and O–H groups in total. The number of amides is 4. The Kier molecular flexibility index (Phi) is 6.71. The number of nitrogens with one attached hydrogen (secondary N) is 4. The van der Waals surface area contributed by atoms with Gasteiger partial charge in [-0.15, -0.1) is 0 Å². The van der Waals surface area contributed by atoms with E-state index in [2.05, 4.69) is 21.3 Å². The molecule has 0 spiro atoms. The van der Waals surface area contributed by atoms with Crippen molar-refractivity contribution in [1.29, 1.82) is 0 Å². The summed E-state index contributed by atoms with van der Waals surface area (Å²) >= 11 is 0. The Labute approximate surface area is 180 Å². The molecule has 0 saturated heterocycles. The number of anilines is 3. The molecule has 3 aromatic rings. The molecule has 0 radical (unpaired) electrons. The van der Waals surface area contributed by atoms with Crippen molar-refractivity contribution >= 4 is 34.9 Å². The zero-order chi connectivity index (χ0) is 22.4. The van der Waals surface area contributed by atoms with E-state index in [1.54, 1.807) is 54.6 Å². The fourth-order valence-corrected chi connectivity index (χ4v) is 2.81. The summed E-state index contributed by atoms with van der Waals surface area (Å²) in [5, 5.41) is 11.0. The van der Waals surface area contributed by atoms with Gasteiger partial charge in [-0.25, -0.2) is 4.79 Å². The predicted octanol–water partition coefficient (Wildman–Crippen LogP) is 4.62. The van der Waals surface area contributed by atoms with Gasteiger partial charge in [-0.3, -0.25) is 9.59 Å². The maximum absolute atomic E-state index is 12.8. The maximum atomic E-state index is 12.8. The van der Waals surface area contributed by atoms with Crippen molar-refractivity contribution in [3.63, 3.8) is 0 Å². The second kappa shape index (κ2) is 9.62. The fourth-order valence-electron chi connectivity index (χ4n) is 2.81. The number of hydrogen-bond acceptors (Lipinski definition) is 4. The molecule has 0 aliphatic carbocycles. The number of furan rings is 1. The summed E-state index contributed by atoms with van der Waals surface area (Å²) in [7, 11) is 0. The quantitative estimate of drug-likeness (QED) is 0.466. The van der Waals surface area contributed by atoms with Gasteiger partial charge in [-0.1, -0.05) is 18.2 Å². The summed E-state index contributed by atoms with van der Waals surface area (Å²) in [5.41, 5.74) is 2.56. The molecule has 0 aliphatic heterocycles. The first kappa shape index (κ1) is 21.6. The van der Waals surface area contributed by atoms with Crippen molar-refractivity contribution in [3.05, 3.63) is 77.7 Å². The van der Waals surface area contributed by atoms with Gasteiger partial charge in [-0.05, 0) is 62.7 Å². The van der Waals surface area contributed by atoms with Crippen LogP contribution in [0.4, 0.5) is 21.9 Å². The largest absolute Gasteiger partial charge is 0.459 e. The van der Waals surface area contributed by atoms with E-state index in [1.165, 1.54) is 6.26 Å².